The summed E-state index contributed by atoms with van der Waals surface area (Å²) in [6, 6.07) is 16.6. The molecule has 0 heterocycles. The first kappa shape index (κ1) is 16.6. The van der Waals surface area contributed by atoms with Gasteiger partial charge in [-0.15, -0.1) is 11.8 Å². The lowest BCUT2D eigenvalue weighted by atomic mass is 10.1. The monoisotopic (exact) mass is 313 g/mol. The van der Waals surface area contributed by atoms with E-state index in [2.05, 4.69) is 55.6 Å². The van der Waals surface area contributed by atoms with Gasteiger partial charge < -0.3 is 5.32 Å². The van der Waals surface area contributed by atoms with Gasteiger partial charge in [0, 0.05) is 4.90 Å². The summed E-state index contributed by atoms with van der Waals surface area (Å²) in [5.74, 6) is 0.516. The normalized spacial score (nSPS) is 12.0. The SMILES string of the molecule is CCc1ccc(C(C)NC(=O)CSc2ccccc2C)cc1. The average molecular weight is 313 g/mol. The highest BCUT2D eigenvalue weighted by molar-refractivity contribution is 8.00. The maximum absolute atomic E-state index is 12.1. The van der Waals surface area contributed by atoms with Crippen LogP contribution in [-0.2, 0) is 11.2 Å². The highest BCUT2D eigenvalue weighted by atomic mass is 32.2. The second kappa shape index (κ2) is 8.04. The Balaban J connectivity index is 1.87. The summed E-state index contributed by atoms with van der Waals surface area (Å²) in [7, 11) is 0. The Morgan fingerprint density at radius 2 is 1.82 bits per heavy atom. The summed E-state index contributed by atoms with van der Waals surface area (Å²) < 4.78 is 0. The lowest BCUT2D eigenvalue weighted by molar-refractivity contribution is -0.119. The topological polar surface area (TPSA) is 29.1 Å². The van der Waals surface area contributed by atoms with Crippen LogP contribution in [0.15, 0.2) is 53.4 Å². The molecule has 0 fully saturated rings. The second-order valence-corrected chi connectivity index (χ2v) is 6.46. The smallest absolute Gasteiger partial charge is 0.230 e. The first-order valence-corrected chi connectivity index (χ1v) is 8.65. The number of hydrogen-bond donors (Lipinski definition) is 1. The summed E-state index contributed by atoms with van der Waals surface area (Å²) in [6.45, 7) is 6.23. The Labute approximate surface area is 137 Å². The molecule has 0 aromatic heterocycles. The van der Waals surface area contributed by atoms with E-state index in [1.807, 2.05) is 19.1 Å². The van der Waals surface area contributed by atoms with Crippen molar-refractivity contribution < 1.29 is 4.79 Å². The fourth-order valence-corrected chi connectivity index (χ4v) is 3.11. The van der Waals surface area contributed by atoms with E-state index in [0.717, 1.165) is 16.9 Å². The molecule has 0 saturated carbocycles. The van der Waals surface area contributed by atoms with Crippen molar-refractivity contribution in [3.63, 3.8) is 0 Å². The van der Waals surface area contributed by atoms with Gasteiger partial charge in [-0.1, -0.05) is 49.4 Å². The van der Waals surface area contributed by atoms with E-state index in [1.165, 1.54) is 11.1 Å². The van der Waals surface area contributed by atoms with Crippen LogP contribution in [0.1, 0.15) is 36.6 Å². The maximum Gasteiger partial charge on any atom is 0.230 e. The van der Waals surface area contributed by atoms with Crippen molar-refractivity contribution in [2.24, 2.45) is 0 Å². The number of carbonyl (C=O) groups is 1. The maximum atomic E-state index is 12.1. The van der Waals surface area contributed by atoms with E-state index in [0.29, 0.717) is 5.75 Å². The molecule has 0 aliphatic carbocycles. The van der Waals surface area contributed by atoms with Crippen molar-refractivity contribution >= 4 is 17.7 Å². The molecule has 1 amide bonds. The van der Waals surface area contributed by atoms with Gasteiger partial charge in [-0.05, 0) is 43.0 Å². The van der Waals surface area contributed by atoms with Crippen molar-refractivity contribution in [1.29, 1.82) is 0 Å². The number of benzene rings is 2. The molecule has 22 heavy (non-hydrogen) atoms. The van der Waals surface area contributed by atoms with Crippen molar-refractivity contribution in [1.82, 2.24) is 5.32 Å². The van der Waals surface area contributed by atoms with E-state index in [9.17, 15) is 4.79 Å². The Kier molecular flexibility index (Phi) is 6.08. The third-order valence-corrected chi connectivity index (χ3v) is 4.89. The van der Waals surface area contributed by atoms with Crippen LogP contribution in [0.4, 0.5) is 0 Å². The van der Waals surface area contributed by atoms with Gasteiger partial charge >= 0.3 is 0 Å². The molecule has 0 aliphatic heterocycles. The summed E-state index contributed by atoms with van der Waals surface area (Å²) in [6.07, 6.45) is 1.04. The van der Waals surface area contributed by atoms with Gasteiger partial charge in [-0.25, -0.2) is 0 Å². The van der Waals surface area contributed by atoms with Crippen molar-refractivity contribution in [3.05, 3.63) is 65.2 Å². The van der Waals surface area contributed by atoms with E-state index in [-0.39, 0.29) is 11.9 Å². The zero-order valence-electron chi connectivity index (χ0n) is 13.4. The fourth-order valence-electron chi connectivity index (χ4n) is 2.27. The van der Waals surface area contributed by atoms with Gasteiger partial charge in [0.1, 0.15) is 0 Å². The van der Waals surface area contributed by atoms with Crippen LogP contribution in [-0.4, -0.2) is 11.7 Å². The Hall–Kier alpha value is -1.74. The number of rotatable bonds is 6. The molecule has 2 aromatic rings. The summed E-state index contributed by atoms with van der Waals surface area (Å²) >= 11 is 1.59. The highest BCUT2D eigenvalue weighted by Gasteiger charge is 2.10. The van der Waals surface area contributed by atoms with Crippen molar-refractivity contribution in [2.75, 3.05) is 5.75 Å². The van der Waals surface area contributed by atoms with Gasteiger partial charge in [0.25, 0.3) is 0 Å². The molecule has 2 nitrogen and oxygen atoms in total. The third-order valence-electron chi connectivity index (χ3n) is 3.72. The van der Waals surface area contributed by atoms with Crippen LogP contribution in [0, 0.1) is 6.92 Å². The summed E-state index contributed by atoms with van der Waals surface area (Å²) in [4.78, 5) is 13.3. The van der Waals surface area contributed by atoms with E-state index in [1.54, 1.807) is 11.8 Å². The molecular formula is C19H23NOS. The molecule has 0 radical (unpaired) electrons. The molecule has 2 rings (SSSR count). The van der Waals surface area contributed by atoms with E-state index < -0.39 is 0 Å². The van der Waals surface area contributed by atoms with E-state index >= 15 is 0 Å². The van der Waals surface area contributed by atoms with Gasteiger partial charge in [-0.2, -0.15) is 0 Å². The minimum atomic E-state index is 0.0378. The van der Waals surface area contributed by atoms with Crippen LogP contribution in [0.2, 0.25) is 0 Å². The third kappa shape index (κ3) is 4.63. The number of thioether (sulfide) groups is 1. The van der Waals surface area contributed by atoms with Crippen molar-refractivity contribution in [2.45, 2.75) is 38.1 Å². The highest BCUT2D eigenvalue weighted by Crippen LogP contribution is 2.22. The number of hydrogen-bond acceptors (Lipinski definition) is 2. The lowest BCUT2D eigenvalue weighted by Gasteiger charge is -2.15. The molecule has 3 heteroatoms. The molecule has 0 aliphatic rings. The van der Waals surface area contributed by atoms with Gasteiger partial charge in [0.15, 0.2) is 0 Å². The standard InChI is InChI=1S/C19H23NOS/c1-4-16-9-11-17(12-10-16)15(3)20-19(21)13-22-18-8-6-5-7-14(18)2/h5-12,15H,4,13H2,1-3H3,(H,20,21). The molecule has 1 atom stereocenters. The van der Waals surface area contributed by atoms with E-state index in [4.69, 9.17) is 0 Å². The lowest BCUT2D eigenvalue weighted by Crippen LogP contribution is -2.28. The first-order valence-electron chi connectivity index (χ1n) is 7.66. The van der Waals surface area contributed by atoms with Crippen LogP contribution in [0.25, 0.3) is 0 Å². The van der Waals surface area contributed by atoms with Crippen molar-refractivity contribution in [3.8, 4) is 0 Å². The Morgan fingerprint density at radius 1 is 1.14 bits per heavy atom. The average Bonchev–Trinajstić information content (AvgIpc) is 2.54. The number of amides is 1. The predicted octanol–water partition coefficient (Wildman–Crippen LogP) is 4.53. The first-order chi connectivity index (χ1) is 10.6. The zero-order valence-corrected chi connectivity index (χ0v) is 14.2. The molecule has 2 aromatic carbocycles. The molecular weight excluding hydrogens is 290 g/mol. The molecule has 116 valence electrons. The quantitative estimate of drug-likeness (QED) is 0.794. The molecule has 1 N–H and O–H groups in total. The minimum absolute atomic E-state index is 0.0378. The number of aryl methyl sites for hydroxylation is 2. The zero-order chi connectivity index (χ0) is 15.9. The summed E-state index contributed by atoms with van der Waals surface area (Å²) in [5.41, 5.74) is 3.67. The molecule has 0 bridgehead atoms. The Morgan fingerprint density at radius 3 is 2.45 bits per heavy atom. The molecule has 0 saturated heterocycles. The van der Waals surface area contributed by atoms with Crippen LogP contribution < -0.4 is 5.32 Å². The minimum Gasteiger partial charge on any atom is -0.349 e. The Bertz CT molecular complexity index is 622. The summed E-state index contributed by atoms with van der Waals surface area (Å²) in [5, 5.41) is 3.06. The van der Waals surface area contributed by atoms with Crippen LogP contribution in [0.5, 0.6) is 0 Å². The molecule has 0 spiro atoms. The van der Waals surface area contributed by atoms with Crippen LogP contribution >= 0.6 is 11.8 Å². The van der Waals surface area contributed by atoms with Gasteiger partial charge in [0.2, 0.25) is 5.91 Å². The molecule has 1 unspecified atom stereocenters. The second-order valence-electron chi connectivity index (χ2n) is 5.44. The fraction of sp³-hybridized carbons (Fsp3) is 0.316. The number of nitrogens with one attached hydrogen (secondary N) is 1. The predicted molar refractivity (Wildman–Crippen MR) is 94.3 cm³/mol. The van der Waals surface area contributed by atoms with Gasteiger partial charge in [-0.3, -0.25) is 4.79 Å². The largest absolute Gasteiger partial charge is 0.349 e. The number of carbonyl (C=O) groups excluding carboxylic acids is 1. The van der Waals surface area contributed by atoms with Gasteiger partial charge in [0.05, 0.1) is 11.8 Å². The van der Waals surface area contributed by atoms with Crippen LogP contribution in [0.3, 0.4) is 0 Å².